The summed E-state index contributed by atoms with van der Waals surface area (Å²) < 4.78 is 30.3. The van der Waals surface area contributed by atoms with E-state index in [-0.39, 0.29) is 29.3 Å². The fourth-order valence-electron chi connectivity index (χ4n) is 1.29. The first kappa shape index (κ1) is 12.7. The van der Waals surface area contributed by atoms with Gasteiger partial charge in [0.05, 0.1) is 31.2 Å². The third-order valence-corrected chi connectivity index (χ3v) is 2.26. The predicted molar refractivity (Wildman–Crippen MR) is 54.6 cm³/mol. The van der Waals surface area contributed by atoms with Crippen LogP contribution < -0.4 is 4.74 Å². The standard InChI is InChI=1S/C10H9ClF2N2O/c1-16-8-4-6(2-3-14)15-9(10(12)13)7(8)5-11/h4,10H,2,5H2,1H3. The van der Waals surface area contributed by atoms with Crippen LogP contribution in [0.1, 0.15) is 23.4 Å². The Morgan fingerprint density at radius 2 is 2.31 bits per heavy atom. The Hall–Kier alpha value is -1.41. The van der Waals surface area contributed by atoms with Gasteiger partial charge in [0.1, 0.15) is 11.4 Å². The molecule has 0 radical (unpaired) electrons. The van der Waals surface area contributed by atoms with E-state index in [0.717, 1.165) is 0 Å². The summed E-state index contributed by atoms with van der Waals surface area (Å²) in [5, 5.41) is 8.49. The molecule has 0 aliphatic rings. The molecule has 6 heteroatoms. The molecule has 0 aliphatic carbocycles. The lowest BCUT2D eigenvalue weighted by Gasteiger charge is -2.12. The first-order chi connectivity index (χ1) is 7.63. The molecule has 3 nitrogen and oxygen atoms in total. The molecule has 0 unspecified atom stereocenters. The largest absolute Gasteiger partial charge is 0.496 e. The smallest absolute Gasteiger partial charge is 0.280 e. The van der Waals surface area contributed by atoms with Gasteiger partial charge >= 0.3 is 0 Å². The molecule has 1 aromatic heterocycles. The van der Waals surface area contributed by atoms with E-state index in [1.807, 2.05) is 6.07 Å². The molecule has 0 aliphatic heterocycles. The molecule has 0 amide bonds. The second-order valence-electron chi connectivity index (χ2n) is 2.95. The van der Waals surface area contributed by atoms with Crippen LogP contribution in [-0.2, 0) is 12.3 Å². The van der Waals surface area contributed by atoms with Gasteiger partial charge in [0.25, 0.3) is 6.43 Å². The van der Waals surface area contributed by atoms with Crippen molar-refractivity contribution in [1.29, 1.82) is 5.26 Å². The molecule has 0 fully saturated rings. The normalized spacial score (nSPS) is 10.2. The Morgan fingerprint density at radius 3 is 2.75 bits per heavy atom. The topological polar surface area (TPSA) is 45.9 Å². The van der Waals surface area contributed by atoms with E-state index in [1.54, 1.807) is 0 Å². The Morgan fingerprint density at radius 1 is 1.62 bits per heavy atom. The number of halogens is 3. The minimum atomic E-state index is -2.73. The summed E-state index contributed by atoms with van der Waals surface area (Å²) in [5.41, 5.74) is 0.00368. The highest BCUT2D eigenvalue weighted by Gasteiger charge is 2.19. The minimum Gasteiger partial charge on any atom is -0.496 e. The van der Waals surface area contributed by atoms with E-state index >= 15 is 0 Å². The Balaban J connectivity index is 3.32. The van der Waals surface area contributed by atoms with Crippen LogP contribution in [0.4, 0.5) is 8.78 Å². The SMILES string of the molecule is COc1cc(CC#N)nc(C(F)F)c1CCl. The zero-order valence-corrected chi connectivity index (χ0v) is 9.26. The second-order valence-corrected chi connectivity index (χ2v) is 3.22. The molecule has 0 bridgehead atoms. The van der Waals surface area contributed by atoms with Gasteiger partial charge in [-0.15, -0.1) is 11.6 Å². The molecule has 1 aromatic rings. The Bertz CT molecular complexity index is 418. The third kappa shape index (κ3) is 2.58. The molecule has 1 heterocycles. The van der Waals surface area contributed by atoms with Gasteiger partial charge < -0.3 is 4.74 Å². The molecular weight excluding hydrogens is 238 g/mol. The lowest BCUT2D eigenvalue weighted by molar-refractivity contribution is 0.144. The summed E-state index contributed by atoms with van der Waals surface area (Å²) >= 11 is 5.57. The zero-order chi connectivity index (χ0) is 12.1. The third-order valence-electron chi connectivity index (χ3n) is 1.99. The van der Waals surface area contributed by atoms with E-state index in [9.17, 15) is 8.78 Å². The van der Waals surface area contributed by atoms with E-state index in [1.165, 1.54) is 13.2 Å². The fourth-order valence-corrected chi connectivity index (χ4v) is 1.56. The molecule has 16 heavy (non-hydrogen) atoms. The molecule has 0 atom stereocenters. The van der Waals surface area contributed by atoms with Gasteiger partial charge in [-0.05, 0) is 0 Å². The van der Waals surface area contributed by atoms with Gasteiger partial charge in [0.2, 0.25) is 0 Å². The van der Waals surface area contributed by atoms with Gasteiger partial charge in [-0.1, -0.05) is 0 Å². The number of aromatic nitrogens is 1. The number of alkyl halides is 3. The quantitative estimate of drug-likeness (QED) is 0.768. The van der Waals surface area contributed by atoms with Crippen molar-refractivity contribution >= 4 is 11.6 Å². The number of pyridine rings is 1. The number of rotatable bonds is 4. The number of ether oxygens (including phenoxy) is 1. The lowest BCUT2D eigenvalue weighted by atomic mass is 10.1. The van der Waals surface area contributed by atoms with Crippen molar-refractivity contribution in [2.75, 3.05) is 7.11 Å². The van der Waals surface area contributed by atoms with Crippen molar-refractivity contribution in [3.63, 3.8) is 0 Å². The number of hydrogen-bond acceptors (Lipinski definition) is 3. The monoisotopic (exact) mass is 246 g/mol. The number of nitriles is 1. The number of nitrogens with zero attached hydrogens (tertiary/aromatic N) is 2. The molecule has 0 saturated heterocycles. The minimum absolute atomic E-state index is 0.0430. The number of methoxy groups -OCH3 is 1. The lowest BCUT2D eigenvalue weighted by Crippen LogP contribution is -2.04. The average Bonchev–Trinajstić information content (AvgIpc) is 2.28. The van der Waals surface area contributed by atoms with E-state index in [2.05, 4.69) is 4.98 Å². The van der Waals surface area contributed by atoms with Crippen LogP contribution in [0.2, 0.25) is 0 Å². The predicted octanol–water partition coefficient (Wildman–Crippen LogP) is 2.83. The Labute approximate surface area is 96.6 Å². The van der Waals surface area contributed by atoms with Gasteiger partial charge in [-0.3, -0.25) is 4.98 Å². The van der Waals surface area contributed by atoms with Crippen molar-refractivity contribution in [3.05, 3.63) is 23.0 Å². The summed E-state index contributed by atoms with van der Waals surface area (Å²) in [6.45, 7) is 0. The van der Waals surface area contributed by atoms with Crippen molar-refractivity contribution in [2.45, 2.75) is 18.7 Å². The molecule has 0 aromatic carbocycles. The van der Waals surface area contributed by atoms with Crippen molar-refractivity contribution in [3.8, 4) is 11.8 Å². The van der Waals surface area contributed by atoms with Crippen LogP contribution in [0, 0.1) is 11.3 Å². The molecule has 0 N–H and O–H groups in total. The first-order valence-corrected chi connectivity index (χ1v) is 4.95. The van der Waals surface area contributed by atoms with Crippen molar-refractivity contribution in [2.24, 2.45) is 0 Å². The van der Waals surface area contributed by atoms with Crippen LogP contribution >= 0.6 is 11.6 Å². The first-order valence-electron chi connectivity index (χ1n) is 4.41. The maximum atomic E-state index is 12.7. The van der Waals surface area contributed by atoms with Gasteiger partial charge in [-0.2, -0.15) is 5.26 Å². The Kier molecular flexibility index (Phi) is 4.44. The van der Waals surface area contributed by atoms with Crippen LogP contribution in [0.15, 0.2) is 6.07 Å². The average molecular weight is 247 g/mol. The summed E-state index contributed by atoms with van der Waals surface area (Å²) in [6.07, 6.45) is -2.78. The highest BCUT2D eigenvalue weighted by atomic mass is 35.5. The highest BCUT2D eigenvalue weighted by molar-refractivity contribution is 6.17. The maximum Gasteiger partial charge on any atom is 0.280 e. The van der Waals surface area contributed by atoms with E-state index < -0.39 is 12.1 Å². The fraction of sp³-hybridized carbons (Fsp3) is 0.400. The second kappa shape index (κ2) is 5.61. The van der Waals surface area contributed by atoms with Gasteiger partial charge in [0, 0.05) is 11.6 Å². The molecule has 1 rings (SSSR count). The van der Waals surface area contributed by atoms with Crippen LogP contribution in [0.5, 0.6) is 5.75 Å². The van der Waals surface area contributed by atoms with Crippen LogP contribution in [0.25, 0.3) is 0 Å². The number of hydrogen-bond donors (Lipinski definition) is 0. The summed E-state index contributed by atoms with van der Waals surface area (Å²) in [6, 6.07) is 3.29. The zero-order valence-electron chi connectivity index (χ0n) is 8.51. The highest BCUT2D eigenvalue weighted by Crippen LogP contribution is 2.30. The van der Waals surface area contributed by atoms with Crippen LogP contribution in [0.3, 0.4) is 0 Å². The maximum absolute atomic E-state index is 12.7. The molecule has 86 valence electrons. The van der Waals surface area contributed by atoms with Crippen LogP contribution in [-0.4, -0.2) is 12.1 Å². The molecule has 0 spiro atoms. The van der Waals surface area contributed by atoms with E-state index in [0.29, 0.717) is 0 Å². The summed E-state index contributed by atoms with van der Waals surface area (Å²) in [5.74, 6) is 0.133. The molecule has 0 saturated carbocycles. The molecular formula is C10H9ClF2N2O. The summed E-state index contributed by atoms with van der Waals surface area (Å²) in [7, 11) is 1.36. The van der Waals surface area contributed by atoms with Gasteiger partial charge in [-0.25, -0.2) is 8.78 Å². The van der Waals surface area contributed by atoms with Crippen molar-refractivity contribution < 1.29 is 13.5 Å². The van der Waals surface area contributed by atoms with Crippen molar-refractivity contribution in [1.82, 2.24) is 4.98 Å². The van der Waals surface area contributed by atoms with Gasteiger partial charge in [0.15, 0.2) is 0 Å². The summed E-state index contributed by atoms with van der Waals surface area (Å²) in [4.78, 5) is 3.70. The van der Waals surface area contributed by atoms with E-state index in [4.69, 9.17) is 21.6 Å².